The molecule has 2 aliphatic rings. The summed E-state index contributed by atoms with van der Waals surface area (Å²) in [6, 6.07) is 33.9. The number of rotatable bonds is 4. The molecule has 0 bridgehead atoms. The van der Waals surface area contributed by atoms with E-state index in [1.165, 1.54) is 44.3 Å². The first-order chi connectivity index (χ1) is 18.7. The minimum Gasteiger partial charge on any atom is -0.147 e. The second kappa shape index (κ2) is 10.8. The summed E-state index contributed by atoms with van der Waals surface area (Å²) in [6.07, 6.45) is 5.68. The van der Waals surface area contributed by atoms with Crippen LogP contribution in [0.15, 0.2) is 103 Å². The van der Waals surface area contributed by atoms with Crippen LogP contribution in [0.1, 0.15) is 39.7 Å². The van der Waals surface area contributed by atoms with Gasteiger partial charge in [-0.25, -0.2) is 0 Å². The maximum Gasteiger partial charge on any atom is -0.147 e. The van der Waals surface area contributed by atoms with Crippen molar-refractivity contribution in [2.75, 3.05) is 0 Å². The Labute approximate surface area is 258 Å². The van der Waals surface area contributed by atoms with Gasteiger partial charge >= 0.3 is 236 Å². The van der Waals surface area contributed by atoms with Crippen LogP contribution in [-0.4, -0.2) is 11.9 Å². The minimum atomic E-state index is -3.62. The standard InChI is InChI=1S/C21H18N.C13H9.2CH3.2ClH.H2Si.Zr/c1-14(2)17-10-15-7-5-8-19(20(15)12-17)18-11-16-6-3-4-9-21(16)22-13-18;1-3-7-12-10(5-1)9-11-6-2-4-8-13(11)12;;;;;;/h3-14H,1-2H3;1-5,7-8H,9H2;2*1H3;2*1H;1H2;. The van der Waals surface area contributed by atoms with E-state index in [4.69, 9.17) is 4.98 Å². The zero-order chi connectivity index (χ0) is 27.0. The predicted molar refractivity (Wildman–Crippen MR) is 182 cm³/mol. The summed E-state index contributed by atoms with van der Waals surface area (Å²) < 4.78 is 7.59. The number of allylic oxidation sites excluding steroid dienone is 1. The Bertz CT molecular complexity index is 1920. The molecule has 0 aliphatic heterocycles. The zero-order valence-corrected chi connectivity index (χ0v) is 29.7. The van der Waals surface area contributed by atoms with E-state index in [-0.39, 0.29) is 24.8 Å². The summed E-state index contributed by atoms with van der Waals surface area (Å²) in [4.78, 5) is 4.82. The van der Waals surface area contributed by atoms with Crippen molar-refractivity contribution in [1.29, 1.82) is 0 Å². The molecule has 1 atom stereocenters. The van der Waals surface area contributed by atoms with Crippen molar-refractivity contribution in [3.63, 3.8) is 0 Å². The van der Waals surface area contributed by atoms with Crippen LogP contribution in [0.3, 0.4) is 0 Å². The van der Waals surface area contributed by atoms with E-state index in [1.54, 1.807) is 14.4 Å². The molecule has 208 valence electrons. The Balaban J connectivity index is 0.00000169. The molecule has 0 amide bonds. The van der Waals surface area contributed by atoms with Crippen LogP contribution in [-0.2, 0) is 23.8 Å². The molecule has 1 aromatic heterocycles. The average Bonchev–Trinajstić information content (AvgIpc) is 3.52. The molecular weight excluding hydrogens is 637 g/mol. The zero-order valence-electron chi connectivity index (χ0n) is 24.1. The molecule has 1 heterocycles. The summed E-state index contributed by atoms with van der Waals surface area (Å²) in [7, 11) is 0. The molecule has 1 nitrogen and oxygen atoms in total. The Morgan fingerprint density at radius 1 is 0.805 bits per heavy atom. The Morgan fingerprint density at radius 3 is 2.29 bits per heavy atom. The maximum absolute atomic E-state index is 4.82. The number of nitrogens with zero attached hydrogens (tertiary/aromatic N) is 1. The van der Waals surface area contributed by atoms with Crippen LogP contribution in [0.2, 0.25) is 9.26 Å². The monoisotopic (exact) mass is 671 g/mol. The van der Waals surface area contributed by atoms with Gasteiger partial charge in [0.1, 0.15) is 0 Å². The smallest absolute Gasteiger partial charge is 0.147 e. The van der Waals surface area contributed by atoms with Gasteiger partial charge in [-0.3, -0.25) is 0 Å². The van der Waals surface area contributed by atoms with Gasteiger partial charge in [0.2, 0.25) is 0 Å². The molecule has 0 saturated carbocycles. The van der Waals surface area contributed by atoms with Crippen molar-refractivity contribution in [1.82, 2.24) is 4.98 Å². The molecule has 0 saturated heterocycles. The van der Waals surface area contributed by atoms with Gasteiger partial charge < -0.3 is 0 Å². The van der Waals surface area contributed by atoms with Crippen molar-refractivity contribution >= 4 is 51.9 Å². The quantitative estimate of drug-likeness (QED) is 0.170. The first-order valence-electron chi connectivity index (χ1n) is 14.2. The Morgan fingerprint density at radius 2 is 1.49 bits per heavy atom. The summed E-state index contributed by atoms with van der Waals surface area (Å²) >= 11 is -3.62. The largest absolute Gasteiger partial charge is 0.147 e. The molecule has 5 heteroatoms. The van der Waals surface area contributed by atoms with E-state index >= 15 is 0 Å². The van der Waals surface area contributed by atoms with Crippen LogP contribution in [0.25, 0.3) is 39.2 Å². The Hall–Kier alpha value is -2.29. The summed E-state index contributed by atoms with van der Waals surface area (Å²) in [5.41, 5.74) is 14.1. The SMILES string of the molecule is CC(C)C1=Cc2c(-c3cnc4ccccc4c3)cccc2[CH]1[Zr]([CH3])([CH3])(=[SiH2])[c]1cccc2c1Cc1ccccc1-2.Cl.Cl. The average molecular weight is 674 g/mol. The third-order valence-corrected chi connectivity index (χ3v) is 25.6. The summed E-state index contributed by atoms with van der Waals surface area (Å²) in [5.74, 6) is 0.497. The Kier molecular flexibility index (Phi) is 7.92. The third-order valence-electron chi connectivity index (χ3n) is 9.32. The molecule has 2 aliphatic carbocycles. The second-order valence-electron chi connectivity index (χ2n) is 12.9. The molecule has 7 rings (SSSR count). The van der Waals surface area contributed by atoms with Gasteiger partial charge in [0.15, 0.2) is 0 Å². The summed E-state index contributed by atoms with van der Waals surface area (Å²) in [5, 5.41) is 1.20. The van der Waals surface area contributed by atoms with Crippen LogP contribution in [0.4, 0.5) is 0 Å². The molecule has 4 aromatic carbocycles. The first-order valence-corrected chi connectivity index (χ1v) is 27.7. The van der Waals surface area contributed by atoms with E-state index in [9.17, 15) is 0 Å². The van der Waals surface area contributed by atoms with Gasteiger partial charge in [-0.15, -0.1) is 24.8 Å². The van der Waals surface area contributed by atoms with Gasteiger partial charge in [0.05, 0.1) is 0 Å². The van der Waals surface area contributed by atoms with Crippen molar-refractivity contribution in [2.24, 2.45) is 5.92 Å². The number of para-hydroxylation sites is 1. The number of fused-ring (bicyclic) bond motifs is 5. The molecule has 0 radical (unpaired) electrons. The maximum atomic E-state index is 4.82. The topological polar surface area (TPSA) is 12.9 Å². The number of benzene rings is 4. The molecule has 0 fully saturated rings. The van der Waals surface area contributed by atoms with Gasteiger partial charge in [-0.1, -0.05) is 0 Å². The fourth-order valence-corrected chi connectivity index (χ4v) is 24.2. The molecule has 1 unspecified atom stereocenters. The fourth-order valence-electron chi connectivity index (χ4n) is 7.51. The van der Waals surface area contributed by atoms with Crippen molar-refractivity contribution < 1.29 is 17.4 Å². The van der Waals surface area contributed by atoms with Gasteiger partial charge in [-0.2, -0.15) is 0 Å². The van der Waals surface area contributed by atoms with Crippen molar-refractivity contribution in [2.45, 2.75) is 33.2 Å². The van der Waals surface area contributed by atoms with E-state index < -0.39 is 17.4 Å². The van der Waals surface area contributed by atoms with Crippen molar-refractivity contribution in [3.05, 3.63) is 125 Å². The number of pyridine rings is 1. The van der Waals surface area contributed by atoms with Crippen LogP contribution in [0, 0.1) is 5.92 Å². The normalized spacial score (nSPS) is 15.5. The van der Waals surface area contributed by atoms with E-state index in [0.717, 1.165) is 11.9 Å². The molecule has 0 N–H and O–H groups in total. The van der Waals surface area contributed by atoms with Crippen molar-refractivity contribution in [3.8, 4) is 22.3 Å². The minimum absolute atomic E-state index is 0. The van der Waals surface area contributed by atoms with Gasteiger partial charge in [0, 0.05) is 0 Å². The number of aromatic nitrogens is 1. The number of hydrogen-bond donors (Lipinski definition) is 0. The molecule has 41 heavy (non-hydrogen) atoms. The molecular formula is C36H37Cl2NSiZr. The van der Waals surface area contributed by atoms with Gasteiger partial charge in [0.25, 0.3) is 0 Å². The fraction of sp³-hybridized carbons (Fsp3) is 0.194. The third kappa shape index (κ3) is 4.74. The second-order valence-corrected chi connectivity index (χ2v) is 42.4. The van der Waals surface area contributed by atoms with E-state index in [0.29, 0.717) is 9.54 Å². The number of hydrogen-bond acceptors (Lipinski definition) is 1. The van der Waals surface area contributed by atoms with Crippen LogP contribution >= 0.6 is 24.8 Å². The molecule has 0 spiro atoms. The molecule has 5 aromatic rings. The first kappa shape index (κ1) is 30.2. The van der Waals surface area contributed by atoms with Crippen LogP contribution < -0.4 is 3.27 Å². The van der Waals surface area contributed by atoms with E-state index in [2.05, 4.69) is 133 Å². The van der Waals surface area contributed by atoms with Crippen LogP contribution in [0.5, 0.6) is 0 Å². The predicted octanol–water partition coefficient (Wildman–Crippen LogP) is 9.07. The summed E-state index contributed by atoms with van der Waals surface area (Å²) in [6.45, 7) is 7.18. The number of halogens is 2. The van der Waals surface area contributed by atoms with E-state index in [1.807, 2.05) is 0 Å². The van der Waals surface area contributed by atoms with Gasteiger partial charge in [-0.05, 0) is 0 Å².